The lowest BCUT2D eigenvalue weighted by Crippen LogP contribution is -2.27. The largest absolute Gasteiger partial charge is 0.303 e. The first-order valence-corrected chi connectivity index (χ1v) is 11.8. The second-order valence-electron chi connectivity index (χ2n) is 9.10. The highest BCUT2D eigenvalue weighted by Gasteiger charge is 2.04. The second-order valence-corrected chi connectivity index (χ2v) is 9.10. The molecular weight excluding hydrogens is 302 g/mol. The Morgan fingerprint density at radius 3 is 1.24 bits per heavy atom. The second kappa shape index (κ2) is 18.7. The lowest BCUT2D eigenvalue weighted by molar-refractivity contribution is 0.256. The normalized spacial score (nSPS) is 12.0. The molecule has 0 aromatic carbocycles. The van der Waals surface area contributed by atoms with Crippen molar-refractivity contribution in [1.82, 2.24) is 4.90 Å². The molecule has 0 spiro atoms. The summed E-state index contributed by atoms with van der Waals surface area (Å²) >= 11 is 0. The molecule has 0 saturated heterocycles. The van der Waals surface area contributed by atoms with Gasteiger partial charge in [-0.25, -0.2) is 0 Å². The van der Waals surface area contributed by atoms with E-state index < -0.39 is 0 Å². The van der Waals surface area contributed by atoms with E-state index >= 15 is 0 Å². The van der Waals surface area contributed by atoms with Gasteiger partial charge in [-0.2, -0.15) is 0 Å². The van der Waals surface area contributed by atoms with Gasteiger partial charge in [0.2, 0.25) is 0 Å². The molecule has 0 rings (SSSR count). The van der Waals surface area contributed by atoms with Crippen LogP contribution in [0.1, 0.15) is 125 Å². The van der Waals surface area contributed by atoms with Crippen molar-refractivity contribution in [2.45, 2.75) is 125 Å². The van der Waals surface area contributed by atoms with Gasteiger partial charge < -0.3 is 4.90 Å². The molecule has 0 heterocycles. The molecule has 0 aliphatic rings. The van der Waals surface area contributed by atoms with Crippen LogP contribution in [0.4, 0.5) is 0 Å². The van der Waals surface area contributed by atoms with Gasteiger partial charge in [0.1, 0.15) is 0 Å². The Morgan fingerprint density at radius 1 is 0.480 bits per heavy atom. The fourth-order valence-electron chi connectivity index (χ4n) is 3.55. The van der Waals surface area contributed by atoms with Crippen LogP contribution >= 0.6 is 0 Å². The van der Waals surface area contributed by atoms with Crippen molar-refractivity contribution in [2.24, 2.45) is 11.8 Å². The highest BCUT2D eigenvalue weighted by atomic mass is 15.1. The van der Waals surface area contributed by atoms with Gasteiger partial charge in [-0.15, -0.1) is 0 Å². The molecule has 1 heteroatoms. The van der Waals surface area contributed by atoms with Gasteiger partial charge in [0.25, 0.3) is 0 Å². The number of nitrogens with zero attached hydrogens (tertiary/aromatic N) is 1. The third-order valence-corrected chi connectivity index (χ3v) is 5.34. The van der Waals surface area contributed by atoms with E-state index in [1.165, 1.54) is 110 Å². The van der Waals surface area contributed by atoms with Crippen LogP contribution in [0.15, 0.2) is 0 Å². The Bertz CT molecular complexity index is 224. The van der Waals surface area contributed by atoms with E-state index in [0.717, 1.165) is 11.8 Å². The molecule has 0 aliphatic carbocycles. The van der Waals surface area contributed by atoms with Crippen molar-refractivity contribution < 1.29 is 0 Å². The van der Waals surface area contributed by atoms with Crippen LogP contribution in [0.3, 0.4) is 0 Å². The summed E-state index contributed by atoms with van der Waals surface area (Å²) in [6.07, 6.45) is 19.9. The number of unbranched alkanes of at least 4 members (excludes halogenated alkanes) is 9. The van der Waals surface area contributed by atoms with Crippen molar-refractivity contribution in [1.29, 1.82) is 0 Å². The molecule has 0 aromatic heterocycles. The van der Waals surface area contributed by atoms with Crippen molar-refractivity contribution in [3.8, 4) is 0 Å². The van der Waals surface area contributed by atoms with Gasteiger partial charge in [-0.1, -0.05) is 105 Å². The fraction of sp³-hybridized carbons (Fsp3) is 1.00. The molecule has 0 saturated carbocycles. The monoisotopic (exact) mass is 353 g/mol. The third kappa shape index (κ3) is 20.1. The first kappa shape index (κ1) is 25.0. The molecule has 0 atom stereocenters. The zero-order valence-electron chi connectivity index (χ0n) is 18.6. The maximum Gasteiger partial charge on any atom is -0.00187 e. The van der Waals surface area contributed by atoms with Crippen molar-refractivity contribution >= 4 is 0 Å². The van der Waals surface area contributed by atoms with Gasteiger partial charge in [0.15, 0.2) is 0 Å². The van der Waals surface area contributed by atoms with Crippen LogP contribution in [-0.4, -0.2) is 24.5 Å². The van der Waals surface area contributed by atoms with E-state index in [-0.39, 0.29) is 0 Å². The lowest BCUT2D eigenvalue weighted by atomic mass is 10.0. The van der Waals surface area contributed by atoms with Crippen molar-refractivity contribution in [3.05, 3.63) is 0 Å². The van der Waals surface area contributed by atoms with Crippen LogP contribution in [0.5, 0.6) is 0 Å². The van der Waals surface area contributed by atoms with Gasteiger partial charge in [0.05, 0.1) is 0 Å². The summed E-state index contributed by atoms with van der Waals surface area (Å²) in [5.41, 5.74) is 0. The highest BCUT2D eigenvalue weighted by Crippen LogP contribution is 2.13. The quantitative estimate of drug-likeness (QED) is 0.212. The zero-order chi connectivity index (χ0) is 18.8. The predicted molar refractivity (Wildman–Crippen MR) is 116 cm³/mol. The first-order chi connectivity index (χ1) is 12.1. The van der Waals surface area contributed by atoms with Crippen LogP contribution in [0.2, 0.25) is 0 Å². The van der Waals surface area contributed by atoms with Crippen molar-refractivity contribution in [3.63, 3.8) is 0 Å². The Balaban J connectivity index is 3.61. The summed E-state index contributed by atoms with van der Waals surface area (Å²) in [4.78, 5) is 2.76. The van der Waals surface area contributed by atoms with E-state index in [1.54, 1.807) is 0 Å². The van der Waals surface area contributed by atoms with Crippen LogP contribution < -0.4 is 0 Å². The molecule has 0 fully saturated rings. The first-order valence-electron chi connectivity index (χ1n) is 11.8. The number of rotatable bonds is 19. The van der Waals surface area contributed by atoms with E-state index in [0.29, 0.717) is 0 Å². The third-order valence-electron chi connectivity index (χ3n) is 5.34. The molecule has 0 bridgehead atoms. The Kier molecular flexibility index (Phi) is 18.7. The lowest BCUT2D eigenvalue weighted by Gasteiger charge is -2.22. The molecule has 0 aliphatic heterocycles. The predicted octanol–water partition coefficient (Wildman–Crippen LogP) is 8.08. The summed E-state index contributed by atoms with van der Waals surface area (Å²) in [6, 6.07) is 0. The molecule has 25 heavy (non-hydrogen) atoms. The van der Waals surface area contributed by atoms with Gasteiger partial charge in [0, 0.05) is 0 Å². The summed E-state index contributed by atoms with van der Waals surface area (Å²) in [6.45, 7) is 15.7. The molecule has 0 amide bonds. The van der Waals surface area contributed by atoms with Gasteiger partial charge in [-0.3, -0.25) is 0 Å². The zero-order valence-corrected chi connectivity index (χ0v) is 18.6. The Morgan fingerprint density at radius 2 is 0.840 bits per heavy atom. The fourth-order valence-corrected chi connectivity index (χ4v) is 3.55. The molecule has 0 unspecified atom stereocenters. The van der Waals surface area contributed by atoms with E-state index in [4.69, 9.17) is 0 Å². The Hall–Kier alpha value is -0.0400. The molecule has 0 aromatic rings. The Labute approximate surface area is 161 Å². The van der Waals surface area contributed by atoms with E-state index in [2.05, 4.69) is 39.5 Å². The van der Waals surface area contributed by atoms with Crippen LogP contribution in [0, 0.1) is 11.8 Å². The molecular formula is C24H51N. The average molecular weight is 354 g/mol. The summed E-state index contributed by atoms with van der Waals surface area (Å²) in [7, 11) is 0. The van der Waals surface area contributed by atoms with Crippen LogP contribution in [-0.2, 0) is 0 Å². The SMILES string of the molecule is CCCCN(CCCCCCCC(C)C)CCCCCCCC(C)C. The maximum absolute atomic E-state index is 2.76. The minimum atomic E-state index is 0.884. The average Bonchev–Trinajstić information content (AvgIpc) is 2.56. The number of hydrogen-bond donors (Lipinski definition) is 0. The molecule has 152 valence electrons. The molecule has 1 nitrogen and oxygen atoms in total. The van der Waals surface area contributed by atoms with Gasteiger partial charge in [-0.05, 0) is 50.7 Å². The highest BCUT2D eigenvalue weighted by molar-refractivity contribution is 4.60. The summed E-state index contributed by atoms with van der Waals surface area (Å²) < 4.78 is 0. The topological polar surface area (TPSA) is 3.24 Å². The molecule has 0 radical (unpaired) electrons. The summed E-state index contributed by atoms with van der Waals surface area (Å²) in [5.74, 6) is 1.77. The minimum Gasteiger partial charge on any atom is -0.303 e. The molecule has 0 N–H and O–H groups in total. The minimum absolute atomic E-state index is 0.884. The maximum atomic E-state index is 2.76. The standard InChI is InChI=1S/C24H51N/c1-6-7-20-25(21-16-12-8-10-14-18-23(2)3)22-17-13-9-11-15-19-24(4)5/h23-24H,6-22H2,1-5H3. The van der Waals surface area contributed by atoms with Gasteiger partial charge >= 0.3 is 0 Å². The summed E-state index contributed by atoms with van der Waals surface area (Å²) in [5, 5.41) is 0. The van der Waals surface area contributed by atoms with E-state index in [9.17, 15) is 0 Å². The number of hydrogen-bond acceptors (Lipinski definition) is 1. The van der Waals surface area contributed by atoms with E-state index in [1.807, 2.05) is 0 Å². The van der Waals surface area contributed by atoms with Crippen molar-refractivity contribution in [2.75, 3.05) is 19.6 Å². The smallest absolute Gasteiger partial charge is 0.00187 e. The van der Waals surface area contributed by atoms with Crippen LogP contribution in [0.25, 0.3) is 0 Å².